The first-order chi connectivity index (χ1) is 12.4. The second kappa shape index (κ2) is 6.09. The molecule has 3 nitrogen and oxygen atoms in total. The SMILES string of the molecule is CC.C[C@]12Cc3cn[nH]c3CC1CCC1C2CC[C@@]2(C)C1CC[C@]2(C)O. The van der Waals surface area contributed by atoms with Gasteiger partial charge >= 0.3 is 0 Å². The second-order valence-electron chi connectivity index (χ2n) is 10.2. The normalized spacial score (nSPS) is 49.2. The molecule has 5 rings (SSSR count). The number of rotatable bonds is 0. The van der Waals surface area contributed by atoms with Gasteiger partial charge in [0.2, 0.25) is 0 Å². The highest BCUT2D eigenvalue weighted by molar-refractivity contribution is 5.26. The van der Waals surface area contributed by atoms with Crippen LogP contribution >= 0.6 is 0 Å². The fourth-order valence-corrected chi connectivity index (χ4v) is 7.71. The molecule has 0 radical (unpaired) electrons. The zero-order valence-electron chi connectivity index (χ0n) is 17.4. The first-order valence-corrected chi connectivity index (χ1v) is 11.1. The molecule has 146 valence electrons. The molecule has 4 aliphatic rings. The Kier molecular flexibility index (Phi) is 4.34. The van der Waals surface area contributed by atoms with Crippen molar-refractivity contribution in [1.82, 2.24) is 10.2 Å². The summed E-state index contributed by atoms with van der Waals surface area (Å²) in [6.45, 7) is 11.1. The highest BCUT2D eigenvalue weighted by atomic mass is 16.3. The molecule has 0 saturated heterocycles. The summed E-state index contributed by atoms with van der Waals surface area (Å²) in [5, 5.41) is 18.6. The summed E-state index contributed by atoms with van der Waals surface area (Å²) in [6, 6.07) is 0. The van der Waals surface area contributed by atoms with Crippen molar-refractivity contribution in [3.05, 3.63) is 17.5 Å². The second-order valence-corrected chi connectivity index (χ2v) is 10.2. The van der Waals surface area contributed by atoms with Crippen LogP contribution in [-0.4, -0.2) is 20.9 Å². The van der Waals surface area contributed by atoms with Crippen LogP contribution in [0.1, 0.15) is 84.4 Å². The molecule has 3 fully saturated rings. The number of hydrogen-bond acceptors (Lipinski definition) is 2. The lowest BCUT2D eigenvalue weighted by molar-refractivity contribution is -0.139. The molecule has 0 spiro atoms. The van der Waals surface area contributed by atoms with Crippen LogP contribution in [0.4, 0.5) is 0 Å². The van der Waals surface area contributed by atoms with Gasteiger partial charge in [0, 0.05) is 5.69 Å². The van der Waals surface area contributed by atoms with Crippen molar-refractivity contribution in [3.63, 3.8) is 0 Å². The van der Waals surface area contributed by atoms with E-state index in [0.717, 1.165) is 30.1 Å². The minimum absolute atomic E-state index is 0.146. The van der Waals surface area contributed by atoms with E-state index in [1.807, 2.05) is 13.8 Å². The van der Waals surface area contributed by atoms with E-state index in [4.69, 9.17) is 0 Å². The lowest BCUT2D eigenvalue weighted by Crippen LogP contribution is -2.56. The molecule has 0 bridgehead atoms. The van der Waals surface area contributed by atoms with Crippen molar-refractivity contribution >= 4 is 0 Å². The van der Waals surface area contributed by atoms with Gasteiger partial charge < -0.3 is 5.11 Å². The molecule has 4 unspecified atom stereocenters. The standard InChI is InChI=1S/C21H32N2O.C2H6/c1-19-11-13-12-22-23-18(13)10-14(19)4-5-15-16(19)6-8-20(2)17(15)7-9-21(20,3)24;1-2/h12,14-17,24H,4-11H2,1-3H3,(H,22,23);1-2H3/t14?,15?,16?,17?,19-,20-,21-;/m0./s1. The van der Waals surface area contributed by atoms with Crippen molar-refractivity contribution in [2.24, 2.45) is 34.5 Å². The number of nitrogens with zero attached hydrogens (tertiary/aromatic N) is 1. The molecule has 7 atom stereocenters. The highest BCUT2D eigenvalue weighted by Gasteiger charge is 2.63. The quantitative estimate of drug-likeness (QED) is 0.674. The van der Waals surface area contributed by atoms with Gasteiger partial charge in [0.1, 0.15) is 0 Å². The molecule has 26 heavy (non-hydrogen) atoms. The maximum absolute atomic E-state index is 11.0. The molecular formula is C23H38N2O. The third-order valence-corrected chi connectivity index (χ3v) is 9.46. The van der Waals surface area contributed by atoms with Crippen LogP contribution in [0.5, 0.6) is 0 Å². The summed E-state index contributed by atoms with van der Waals surface area (Å²) in [6.07, 6.45) is 12.0. The minimum Gasteiger partial charge on any atom is -0.390 e. The van der Waals surface area contributed by atoms with Crippen molar-refractivity contribution in [2.45, 2.75) is 91.6 Å². The Morgan fingerprint density at radius 1 is 1.04 bits per heavy atom. The van der Waals surface area contributed by atoms with E-state index >= 15 is 0 Å². The number of aromatic amines is 1. The smallest absolute Gasteiger partial charge is 0.0675 e. The van der Waals surface area contributed by atoms with E-state index < -0.39 is 5.60 Å². The highest BCUT2D eigenvalue weighted by Crippen LogP contribution is 2.67. The summed E-state index contributed by atoms with van der Waals surface area (Å²) in [4.78, 5) is 0. The molecular weight excluding hydrogens is 320 g/mol. The van der Waals surface area contributed by atoms with Crippen molar-refractivity contribution in [1.29, 1.82) is 0 Å². The van der Waals surface area contributed by atoms with Gasteiger partial charge in [-0.05, 0) is 98.4 Å². The van der Waals surface area contributed by atoms with Crippen molar-refractivity contribution in [2.75, 3.05) is 0 Å². The Labute approximate surface area is 159 Å². The fourth-order valence-electron chi connectivity index (χ4n) is 7.71. The van der Waals surface area contributed by atoms with Crippen LogP contribution in [0.2, 0.25) is 0 Å². The van der Waals surface area contributed by atoms with E-state index in [2.05, 4.69) is 37.2 Å². The first-order valence-electron chi connectivity index (χ1n) is 11.1. The third-order valence-electron chi connectivity index (χ3n) is 9.46. The van der Waals surface area contributed by atoms with Crippen molar-refractivity contribution in [3.8, 4) is 0 Å². The Hall–Kier alpha value is -0.830. The van der Waals surface area contributed by atoms with Crippen LogP contribution < -0.4 is 0 Å². The predicted octanol–water partition coefficient (Wildman–Crippen LogP) is 5.14. The molecule has 0 aromatic carbocycles. The molecule has 0 amide bonds. The summed E-state index contributed by atoms with van der Waals surface area (Å²) < 4.78 is 0. The van der Waals surface area contributed by atoms with Crippen LogP contribution in [0.15, 0.2) is 6.20 Å². The van der Waals surface area contributed by atoms with Gasteiger partial charge in [-0.2, -0.15) is 5.10 Å². The van der Waals surface area contributed by atoms with Crippen LogP contribution in [0.25, 0.3) is 0 Å². The van der Waals surface area contributed by atoms with Crippen LogP contribution in [-0.2, 0) is 12.8 Å². The molecule has 4 aliphatic carbocycles. The third kappa shape index (κ3) is 2.31. The topological polar surface area (TPSA) is 48.9 Å². The molecule has 3 saturated carbocycles. The maximum atomic E-state index is 11.0. The molecule has 1 aromatic rings. The Balaban J connectivity index is 0.000000814. The lowest BCUT2D eigenvalue weighted by atomic mass is 9.44. The molecule has 1 heterocycles. The van der Waals surface area contributed by atoms with E-state index in [9.17, 15) is 5.11 Å². The molecule has 2 N–H and O–H groups in total. The van der Waals surface area contributed by atoms with Gasteiger partial charge in [-0.1, -0.05) is 27.7 Å². The van der Waals surface area contributed by atoms with Gasteiger partial charge in [0.05, 0.1) is 11.8 Å². The lowest BCUT2D eigenvalue weighted by Gasteiger charge is -2.60. The predicted molar refractivity (Wildman–Crippen MR) is 106 cm³/mol. The van der Waals surface area contributed by atoms with E-state index in [1.54, 1.807) is 0 Å². The summed E-state index contributed by atoms with van der Waals surface area (Å²) in [5.74, 6) is 3.21. The van der Waals surface area contributed by atoms with Gasteiger partial charge in [-0.3, -0.25) is 5.10 Å². The molecule has 0 aliphatic heterocycles. The number of nitrogens with one attached hydrogen (secondary N) is 1. The van der Waals surface area contributed by atoms with E-state index in [-0.39, 0.29) is 5.41 Å². The maximum Gasteiger partial charge on any atom is 0.0675 e. The van der Waals surface area contributed by atoms with Crippen molar-refractivity contribution < 1.29 is 5.11 Å². The number of aromatic nitrogens is 2. The number of H-pyrrole nitrogens is 1. The average Bonchev–Trinajstić information content (AvgIpc) is 3.15. The fraction of sp³-hybridized carbons (Fsp3) is 0.870. The Morgan fingerprint density at radius 2 is 1.77 bits per heavy atom. The number of fused-ring (bicyclic) bond motifs is 6. The zero-order valence-corrected chi connectivity index (χ0v) is 17.4. The Morgan fingerprint density at radius 3 is 2.54 bits per heavy atom. The average molecular weight is 359 g/mol. The molecule has 3 heteroatoms. The molecule has 1 aromatic heterocycles. The summed E-state index contributed by atoms with van der Waals surface area (Å²) in [7, 11) is 0. The minimum atomic E-state index is -0.454. The Bertz CT molecular complexity index is 665. The summed E-state index contributed by atoms with van der Waals surface area (Å²) >= 11 is 0. The van der Waals surface area contributed by atoms with Gasteiger partial charge in [0.25, 0.3) is 0 Å². The monoisotopic (exact) mass is 358 g/mol. The van der Waals surface area contributed by atoms with E-state index in [0.29, 0.717) is 5.41 Å². The van der Waals surface area contributed by atoms with Crippen LogP contribution in [0, 0.1) is 34.5 Å². The number of hydrogen-bond donors (Lipinski definition) is 2. The van der Waals surface area contributed by atoms with Crippen LogP contribution in [0.3, 0.4) is 0 Å². The van der Waals surface area contributed by atoms with Gasteiger partial charge in [-0.25, -0.2) is 0 Å². The van der Waals surface area contributed by atoms with Gasteiger partial charge in [0.15, 0.2) is 0 Å². The number of aliphatic hydroxyl groups is 1. The van der Waals surface area contributed by atoms with Gasteiger partial charge in [-0.15, -0.1) is 0 Å². The largest absolute Gasteiger partial charge is 0.390 e. The zero-order chi connectivity index (χ0) is 18.7. The van der Waals surface area contributed by atoms with E-state index in [1.165, 1.54) is 56.2 Å². The first kappa shape index (κ1) is 18.5. The summed E-state index contributed by atoms with van der Waals surface area (Å²) in [5.41, 5.74) is 3.01.